The lowest BCUT2D eigenvalue weighted by molar-refractivity contribution is -0.130. The molecule has 2 rings (SSSR count). The first-order valence-electron chi connectivity index (χ1n) is 22.2. The fourth-order valence-corrected chi connectivity index (χ4v) is 7.07. The predicted molar refractivity (Wildman–Crippen MR) is 224 cm³/mol. The molecule has 336 valence electrons. The second-order valence-electron chi connectivity index (χ2n) is 16.2. The number of epoxide rings is 1. The van der Waals surface area contributed by atoms with Crippen LogP contribution < -0.4 is 21.1 Å². The average molecular weight is 826 g/mol. The molecule has 0 aromatic heterocycles. The van der Waals surface area contributed by atoms with Gasteiger partial charge in [-0.1, -0.05) is 102 Å². The number of benzene rings is 1. The number of carbonyl (C=O) groups is 2. The van der Waals surface area contributed by atoms with E-state index < -0.39 is 30.3 Å². The Morgan fingerprint density at radius 3 is 1.91 bits per heavy atom. The van der Waals surface area contributed by atoms with Crippen LogP contribution in [-0.2, 0) is 19.1 Å². The van der Waals surface area contributed by atoms with E-state index in [2.05, 4.69) is 10.6 Å². The average Bonchev–Trinajstić information content (AvgIpc) is 4.00. The fraction of sp³-hybridized carbons (Fsp3) is 0.818. The second-order valence-corrected chi connectivity index (χ2v) is 16.2. The first kappa shape index (κ1) is 51.7. The van der Waals surface area contributed by atoms with Crippen molar-refractivity contribution in [3.05, 3.63) is 29.8 Å². The highest BCUT2D eigenvalue weighted by Crippen LogP contribution is 2.32. The molecule has 1 aliphatic heterocycles. The molecule has 8 atom stereocenters. The molecule has 2 amide bonds. The third kappa shape index (κ3) is 25.3. The number of ether oxygens (including phenoxy) is 3. The van der Waals surface area contributed by atoms with Gasteiger partial charge in [-0.2, -0.15) is 0 Å². The van der Waals surface area contributed by atoms with Crippen molar-refractivity contribution in [3.8, 4) is 5.75 Å². The van der Waals surface area contributed by atoms with E-state index in [4.69, 9.17) is 25.1 Å². The molecule has 1 fully saturated rings. The summed E-state index contributed by atoms with van der Waals surface area (Å²) >= 11 is 0. The highest BCUT2D eigenvalue weighted by atomic mass is 16.6. The molecule has 1 heterocycles. The van der Waals surface area contributed by atoms with E-state index in [0.717, 1.165) is 70.8 Å². The van der Waals surface area contributed by atoms with Crippen LogP contribution in [0.1, 0.15) is 153 Å². The summed E-state index contributed by atoms with van der Waals surface area (Å²) in [4.78, 5) is 23.6. The van der Waals surface area contributed by atoms with Crippen LogP contribution in [0.3, 0.4) is 0 Å². The molecule has 0 radical (unpaired) electrons. The number of rotatable bonds is 38. The third-order valence-electron chi connectivity index (χ3n) is 10.8. The number of carbonyl (C=O) groups excluding carboxylic acids is 2. The first-order valence-corrected chi connectivity index (χ1v) is 22.2. The quantitative estimate of drug-likeness (QED) is 0.0339. The van der Waals surface area contributed by atoms with Crippen LogP contribution in [0.2, 0.25) is 0 Å². The Hall–Kier alpha value is -2.40. The van der Waals surface area contributed by atoms with Gasteiger partial charge in [0, 0.05) is 20.1 Å². The third-order valence-corrected chi connectivity index (χ3v) is 10.8. The van der Waals surface area contributed by atoms with E-state index in [0.29, 0.717) is 30.8 Å². The van der Waals surface area contributed by atoms with Gasteiger partial charge in [0.05, 0.1) is 56.3 Å². The first-order chi connectivity index (χ1) is 28.0. The number of aliphatic hydroxyl groups excluding tert-OH is 6. The monoisotopic (exact) mass is 826 g/mol. The van der Waals surface area contributed by atoms with Crippen LogP contribution >= 0.6 is 0 Å². The van der Waals surface area contributed by atoms with Crippen LogP contribution in [0.5, 0.6) is 5.75 Å². The second kappa shape index (κ2) is 32.4. The molecule has 0 saturated carbocycles. The molecular formula is C44H79N3O11. The minimum Gasteiger partial charge on any atom is -0.491 e. The molecule has 8 unspecified atom stereocenters. The topological polar surface area (TPSA) is 237 Å². The van der Waals surface area contributed by atoms with Crippen molar-refractivity contribution in [1.82, 2.24) is 10.6 Å². The molecule has 10 N–H and O–H groups in total. The number of unbranched alkanes of at least 4 members (excludes halogenated alkanes) is 13. The Labute approximate surface area is 347 Å². The molecule has 1 saturated heterocycles. The summed E-state index contributed by atoms with van der Waals surface area (Å²) in [6, 6.07) is 5.77. The molecule has 14 nitrogen and oxygen atoms in total. The van der Waals surface area contributed by atoms with Crippen molar-refractivity contribution in [2.45, 2.75) is 190 Å². The van der Waals surface area contributed by atoms with Crippen LogP contribution in [0.15, 0.2) is 24.3 Å². The van der Waals surface area contributed by atoms with Gasteiger partial charge in [-0.15, -0.1) is 0 Å². The molecule has 0 bridgehead atoms. The summed E-state index contributed by atoms with van der Waals surface area (Å²) in [5.41, 5.74) is 6.16. The Balaban J connectivity index is 1.38. The van der Waals surface area contributed by atoms with Crippen LogP contribution in [0.4, 0.5) is 0 Å². The number of aliphatic hydroxyl groups is 6. The van der Waals surface area contributed by atoms with Gasteiger partial charge in [0.25, 0.3) is 0 Å². The normalized spacial score (nSPS) is 18.2. The van der Waals surface area contributed by atoms with E-state index in [-0.39, 0.29) is 63.0 Å². The molecular weight excluding hydrogens is 746 g/mol. The molecule has 0 spiro atoms. The minimum atomic E-state index is -1.25. The number of hydrogen-bond donors (Lipinski definition) is 9. The Kier molecular flexibility index (Phi) is 28.9. The minimum absolute atomic E-state index is 0.0298. The van der Waals surface area contributed by atoms with Crippen molar-refractivity contribution < 1.29 is 54.4 Å². The summed E-state index contributed by atoms with van der Waals surface area (Å²) in [7, 11) is 0. The number of amides is 2. The molecule has 1 aromatic rings. The zero-order chi connectivity index (χ0) is 42.4. The molecule has 1 aromatic carbocycles. The highest BCUT2D eigenvalue weighted by Gasteiger charge is 2.43. The van der Waals surface area contributed by atoms with Gasteiger partial charge < -0.3 is 61.2 Å². The maximum absolute atomic E-state index is 12.4. The van der Waals surface area contributed by atoms with Crippen LogP contribution in [0, 0.1) is 0 Å². The van der Waals surface area contributed by atoms with Gasteiger partial charge in [0.2, 0.25) is 11.8 Å². The lowest BCUT2D eigenvalue weighted by Crippen LogP contribution is -2.40. The Bertz CT molecular complexity index is 1180. The van der Waals surface area contributed by atoms with Crippen LogP contribution in [0.25, 0.3) is 0 Å². The number of hydrogen-bond acceptors (Lipinski definition) is 12. The van der Waals surface area contributed by atoms with Gasteiger partial charge in [-0.3, -0.25) is 9.59 Å². The van der Waals surface area contributed by atoms with Crippen molar-refractivity contribution >= 4 is 11.8 Å². The highest BCUT2D eigenvalue weighted by molar-refractivity contribution is 5.80. The van der Waals surface area contributed by atoms with Crippen LogP contribution in [-0.4, -0.2) is 125 Å². The van der Waals surface area contributed by atoms with E-state index in [1.54, 1.807) is 24.3 Å². The number of nitrogens with one attached hydrogen (secondary N) is 2. The van der Waals surface area contributed by atoms with E-state index in [1.807, 2.05) is 0 Å². The molecule has 14 heteroatoms. The summed E-state index contributed by atoms with van der Waals surface area (Å²) in [5.74, 6) is -0.362. The molecule has 0 aliphatic carbocycles. The SMILES string of the molecule is CC(=O)NC(CO)COc1ccc(C(O)CNC(=O)C(O)CCCC(O)C2OC2CCCCCCCC(O)CCCCCCCCCCCCOCC(N)CO)cc1. The van der Waals surface area contributed by atoms with Crippen molar-refractivity contribution in [3.63, 3.8) is 0 Å². The largest absolute Gasteiger partial charge is 0.491 e. The maximum Gasteiger partial charge on any atom is 0.248 e. The van der Waals surface area contributed by atoms with E-state index in [1.165, 1.54) is 58.3 Å². The van der Waals surface area contributed by atoms with Crippen molar-refractivity contribution in [2.75, 3.05) is 39.6 Å². The Morgan fingerprint density at radius 1 is 0.741 bits per heavy atom. The lowest BCUT2D eigenvalue weighted by Gasteiger charge is -2.17. The predicted octanol–water partition coefficient (Wildman–Crippen LogP) is 4.09. The summed E-state index contributed by atoms with van der Waals surface area (Å²) < 4.78 is 16.7. The van der Waals surface area contributed by atoms with Gasteiger partial charge in [0.15, 0.2) is 0 Å². The van der Waals surface area contributed by atoms with Gasteiger partial charge in [-0.05, 0) is 62.6 Å². The van der Waals surface area contributed by atoms with Crippen molar-refractivity contribution in [1.29, 1.82) is 0 Å². The lowest BCUT2D eigenvalue weighted by atomic mass is 10.0. The van der Waals surface area contributed by atoms with Gasteiger partial charge in [-0.25, -0.2) is 0 Å². The molecule has 58 heavy (non-hydrogen) atoms. The number of nitrogens with two attached hydrogens (primary N) is 1. The van der Waals surface area contributed by atoms with Crippen molar-refractivity contribution in [2.24, 2.45) is 5.73 Å². The molecule has 1 aliphatic rings. The Morgan fingerprint density at radius 2 is 1.33 bits per heavy atom. The standard InChI is InChI=1S/C44H79N3O11/c1-33(50)47-36(30-49)32-57-38-25-23-34(24-26-38)41(54)28-46-44(55)40(53)21-17-20-39(52)43-42(58-43)22-15-11-8-10-14-19-37(51)18-13-9-6-4-2-3-5-7-12-16-27-56-31-35(45)29-48/h23-26,35-37,39-43,48-49,51-54H,2-22,27-32,45H2,1H3,(H,46,55)(H,47,50). The summed E-state index contributed by atoms with van der Waals surface area (Å²) in [6.07, 6.45) is 18.2. The fourth-order valence-electron chi connectivity index (χ4n) is 7.07. The summed E-state index contributed by atoms with van der Waals surface area (Å²) in [5, 5.41) is 65.1. The van der Waals surface area contributed by atoms with Gasteiger partial charge in [0.1, 0.15) is 24.6 Å². The summed E-state index contributed by atoms with van der Waals surface area (Å²) in [6.45, 7) is 2.22. The smallest absolute Gasteiger partial charge is 0.248 e. The zero-order valence-corrected chi connectivity index (χ0v) is 35.3. The van der Waals surface area contributed by atoms with E-state index >= 15 is 0 Å². The van der Waals surface area contributed by atoms with Gasteiger partial charge >= 0.3 is 0 Å². The van der Waals surface area contributed by atoms with E-state index in [9.17, 15) is 35.1 Å². The maximum atomic E-state index is 12.4. The zero-order valence-electron chi connectivity index (χ0n) is 35.3.